The molecule has 0 saturated carbocycles. The van der Waals surface area contributed by atoms with Crippen LogP contribution in [0, 0.1) is 5.92 Å². The summed E-state index contributed by atoms with van der Waals surface area (Å²) in [6.45, 7) is 0. The van der Waals surface area contributed by atoms with Gasteiger partial charge in [-0.2, -0.15) is 0 Å². The average molecular weight is 186 g/mol. The first kappa shape index (κ1) is 11.2. The minimum atomic E-state index is -1.16. The van der Waals surface area contributed by atoms with Crippen LogP contribution in [0.4, 0.5) is 0 Å². The Balaban J connectivity index is 4.21. The number of hydrogen-bond acceptors (Lipinski definition) is 3. The lowest BCUT2D eigenvalue weighted by molar-refractivity contribution is -0.133. The lowest BCUT2D eigenvalue weighted by Crippen LogP contribution is -2.34. The number of nitrogens with two attached hydrogens (primary N) is 2. The van der Waals surface area contributed by atoms with Crippen LogP contribution < -0.4 is 11.5 Å². The van der Waals surface area contributed by atoms with E-state index in [0.29, 0.717) is 0 Å². The zero-order valence-corrected chi connectivity index (χ0v) is 6.77. The summed E-state index contributed by atoms with van der Waals surface area (Å²) in [4.78, 5) is 31.1. The zero-order chi connectivity index (χ0) is 10.4. The maximum absolute atomic E-state index is 10.6. The Morgan fingerprint density at radius 3 is 2.00 bits per heavy atom. The van der Waals surface area contributed by atoms with Crippen LogP contribution >= 0.6 is 0 Å². The quantitative estimate of drug-likeness (QED) is 0.361. The van der Waals surface area contributed by atoms with Crippen LogP contribution in [0.5, 0.6) is 0 Å². The maximum atomic E-state index is 10.6. The lowest BCUT2D eigenvalue weighted by Gasteiger charge is -2.04. The first-order valence-electron chi connectivity index (χ1n) is 3.43. The molecule has 72 valence electrons. The predicted molar refractivity (Wildman–Crippen MR) is 43.3 cm³/mol. The summed E-state index contributed by atoms with van der Waals surface area (Å²) in [5, 5.41) is 8.18. The van der Waals surface area contributed by atoms with E-state index in [2.05, 4.69) is 0 Å². The summed E-state index contributed by atoms with van der Waals surface area (Å²) in [7, 11) is 0. The Morgan fingerprint density at radius 1 is 1.23 bits per heavy atom. The Morgan fingerprint density at radius 2 is 1.69 bits per heavy atom. The van der Waals surface area contributed by atoms with Crippen LogP contribution in [0.1, 0.15) is 6.42 Å². The number of carbonyl (C=O) groups excluding carboxylic acids is 2. The number of primary amides is 2. The molecule has 0 aliphatic rings. The first-order valence-corrected chi connectivity index (χ1v) is 3.43. The zero-order valence-electron chi connectivity index (χ0n) is 6.77. The van der Waals surface area contributed by atoms with E-state index in [0.717, 1.165) is 12.2 Å². The largest absolute Gasteiger partial charge is 0.478 e. The molecule has 0 saturated heterocycles. The molecule has 6 heteroatoms. The van der Waals surface area contributed by atoms with Gasteiger partial charge in [0.1, 0.15) is 5.92 Å². The number of allylic oxidation sites excluding steroid dienone is 1. The molecular weight excluding hydrogens is 176 g/mol. The molecule has 0 unspecified atom stereocenters. The van der Waals surface area contributed by atoms with Gasteiger partial charge in [-0.1, -0.05) is 6.08 Å². The number of carboxylic acids is 1. The fourth-order valence-corrected chi connectivity index (χ4v) is 0.677. The number of amides is 2. The second-order valence-electron chi connectivity index (χ2n) is 2.33. The van der Waals surface area contributed by atoms with Crippen molar-refractivity contribution >= 4 is 17.8 Å². The molecule has 0 aliphatic carbocycles. The van der Waals surface area contributed by atoms with Crippen molar-refractivity contribution in [2.45, 2.75) is 6.42 Å². The van der Waals surface area contributed by atoms with E-state index in [1.165, 1.54) is 0 Å². The van der Waals surface area contributed by atoms with Gasteiger partial charge in [-0.05, 0) is 6.42 Å². The summed E-state index contributed by atoms with van der Waals surface area (Å²) < 4.78 is 0. The summed E-state index contributed by atoms with van der Waals surface area (Å²) in [5.41, 5.74) is 9.67. The van der Waals surface area contributed by atoms with Gasteiger partial charge in [0.25, 0.3) is 0 Å². The summed E-state index contributed by atoms with van der Waals surface area (Å²) in [6.07, 6.45) is 1.89. The molecular formula is C7H10N2O4. The Labute approximate surface area is 74.2 Å². The van der Waals surface area contributed by atoms with E-state index in [9.17, 15) is 14.4 Å². The molecule has 5 N–H and O–H groups in total. The van der Waals surface area contributed by atoms with E-state index in [-0.39, 0.29) is 6.42 Å². The Hall–Kier alpha value is -1.85. The number of carbonyl (C=O) groups is 3. The third kappa shape index (κ3) is 4.57. The minimum Gasteiger partial charge on any atom is -0.478 e. The average Bonchev–Trinajstić information content (AvgIpc) is 1.95. The molecule has 0 spiro atoms. The van der Waals surface area contributed by atoms with Gasteiger partial charge < -0.3 is 16.6 Å². The molecule has 0 aromatic heterocycles. The molecule has 0 rings (SSSR count). The number of aliphatic carboxylic acids is 1. The highest BCUT2D eigenvalue weighted by molar-refractivity contribution is 5.99. The topological polar surface area (TPSA) is 123 Å². The number of hydrogen-bond donors (Lipinski definition) is 3. The van der Waals surface area contributed by atoms with Gasteiger partial charge in [-0.15, -0.1) is 0 Å². The number of rotatable bonds is 5. The monoisotopic (exact) mass is 186 g/mol. The van der Waals surface area contributed by atoms with Crippen molar-refractivity contribution in [1.29, 1.82) is 0 Å². The van der Waals surface area contributed by atoms with E-state index in [1.54, 1.807) is 0 Å². The number of carboxylic acid groups (broad SMARTS) is 1. The summed E-state index contributed by atoms with van der Waals surface area (Å²) in [5.74, 6) is -4.02. The van der Waals surface area contributed by atoms with E-state index in [1.807, 2.05) is 0 Å². The van der Waals surface area contributed by atoms with Crippen LogP contribution in [0.3, 0.4) is 0 Å². The van der Waals surface area contributed by atoms with Gasteiger partial charge in [-0.25, -0.2) is 4.79 Å². The molecule has 0 radical (unpaired) electrons. The van der Waals surface area contributed by atoms with E-state index >= 15 is 0 Å². The molecule has 0 aromatic carbocycles. The van der Waals surface area contributed by atoms with Gasteiger partial charge in [0.05, 0.1) is 0 Å². The second-order valence-corrected chi connectivity index (χ2v) is 2.33. The minimum absolute atomic E-state index is 0.0863. The first-order chi connectivity index (χ1) is 5.95. The molecule has 13 heavy (non-hydrogen) atoms. The van der Waals surface area contributed by atoms with Crippen molar-refractivity contribution in [2.75, 3.05) is 0 Å². The van der Waals surface area contributed by atoms with Crippen LogP contribution in [0.2, 0.25) is 0 Å². The van der Waals surface area contributed by atoms with Crippen LogP contribution in [0.25, 0.3) is 0 Å². The third-order valence-corrected chi connectivity index (χ3v) is 1.32. The van der Waals surface area contributed by atoms with Crippen LogP contribution in [-0.4, -0.2) is 22.9 Å². The van der Waals surface area contributed by atoms with Gasteiger partial charge in [0.15, 0.2) is 0 Å². The van der Waals surface area contributed by atoms with Gasteiger partial charge in [-0.3, -0.25) is 9.59 Å². The smallest absolute Gasteiger partial charge is 0.327 e. The molecule has 0 atom stereocenters. The van der Waals surface area contributed by atoms with Crippen molar-refractivity contribution < 1.29 is 19.5 Å². The van der Waals surface area contributed by atoms with Crippen molar-refractivity contribution in [3.8, 4) is 0 Å². The summed E-state index contributed by atoms with van der Waals surface area (Å²) >= 11 is 0. The summed E-state index contributed by atoms with van der Waals surface area (Å²) in [6, 6.07) is 0. The molecule has 2 amide bonds. The molecule has 0 bridgehead atoms. The molecule has 0 fully saturated rings. The molecule has 0 aromatic rings. The van der Waals surface area contributed by atoms with Gasteiger partial charge in [0, 0.05) is 6.08 Å². The molecule has 6 nitrogen and oxygen atoms in total. The third-order valence-electron chi connectivity index (χ3n) is 1.32. The highest BCUT2D eigenvalue weighted by atomic mass is 16.4. The van der Waals surface area contributed by atoms with Crippen molar-refractivity contribution in [2.24, 2.45) is 17.4 Å². The van der Waals surface area contributed by atoms with Crippen LogP contribution in [0.15, 0.2) is 12.2 Å². The second kappa shape index (κ2) is 4.91. The van der Waals surface area contributed by atoms with Crippen molar-refractivity contribution in [3.63, 3.8) is 0 Å². The maximum Gasteiger partial charge on any atom is 0.327 e. The molecule has 0 aliphatic heterocycles. The lowest BCUT2D eigenvalue weighted by atomic mass is 10.0. The van der Waals surface area contributed by atoms with E-state index in [4.69, 9.17) is 16.6 Å². The Kier molecular flexibility index (Phi) is 4.21. The normalized spacial score (nSPS) is 10.5. The van der Waals surface area contributed by atoms with Gasteiger partial charge in [0.2, 0.25) is 11.8 Å². The van der Waals surface area contributed by atoms with Gasteiger partial charge >= 0.3 is 5.97 Å². The van der Waals surface area contributed by atoms with E-state index < -0.39 is 23.7 Å². The fraction of sp³-hybridized carbons (Fsp3) is 0.286. The highest BCUT2D eigenvalue weighted by Crippen LogP contribution is 2.01. The van der Waals surface area contributed by atoms with Crippen molar-refractivity contribution in [1.82, 2.24) is 0 Å². The standard InChI is InChI=1S/C7H10N2O4/c8-6(12)4(7(9)13)2-1-3-5(10)11/h1,3-4H,2H2,(H2,8,12)(H2,9,13)(H,10,11). The highest BCUT2D eigenvalue weighted by Gasteiger charge is 2.19. The van der Waals surface area contributed by atoms with Crippen molar-refractivity contribution in [3.05, 3.63) is 12.2 Å². The van der Waals surface area contributed by atoms with Crippen LogP contribution in [-0.2, 0) is 14.4 Å². The fourth-order valence-electron chi connectivity index (χ4n) is 0.677. The SMILES string of the molecule is NC(=O)C(CC=CC(=O)O)C(N)=O. The predicted octanol–water partition coefficient (Wildman–Crippen LogP) is -1.40. The molecule has 0 heterocycles. The Bertz CT molecular complexity index is 245.